The zero-order valence-electron chi connectivity index (χ0n) is 11.4. The van der Waals surface area contributed by atoms with Gasteiger partial charge < -0.3 is 10.1 Å². The summed E-state index contributed by atoms with van der Waals surface area (Å²) in [5, 5.41) is 8.58. The molecule has 3 heterocycles. The van der Waals surface area contributed by atoms with Crippen LogP contribution in [0.25, 0.3) is 5.65 Å². The van der Waals surface area contributed by atoms with Gasteiger partial charge in [0.25, 0.3) is 0 Å². The van der Waals surface area contributed by atoms with E-state index in [1.165, 1.54) is 11.8 Å². The number of aromatic nitrogens is 5. The van der Waals surface area contributed by atoms with Gasteiger partial charge in [-0.25, -0.2) is 9.97 Å². The Kier molecular flexibility index (Phi) is 3.45. The Morgan fingerprint density at radius 1 is 1.40 bits per heavy atom. The summed E-state index contributed by atoms with van der Waals surface area (Å²) >= 11 is 1.46. The van der Waals surface area contributed by atoms with E-state index in [-0.39, 0.29) is 6.04 Å². The molecule has 0 fully saturated rings. The zero-order chi connectivity index (χ0) is 14.1. The van der Waals surface area contributed by atoms with Crippen LogP contribution in [-0.4, -0.2) is 30.6 Å². The molecule has 0 aliphatic rings. The third kappa shape index (κ3) is 2.54. The quantitative estimate of drug-likeness (QED) is 0.764. The average Bonchev–Trinajstić information content (AvgIpc) is 2.95. The van der Waals surface area contributed by atoms with E-state index in [0.717, 1.165) is 28.6 Å². The predicted molar refractivity (Wildman–Crippen MR) is 77.8 cm³/mol. The van der Waals surface area contributed by atoms with Gasteiger partial charge >= 0.3 is 0 Å². The molecule has 20 heavy (non-hydrogen) atoms. The molecule has 0 saturated carbocycles. The van der Waals surface area contributed by atoms with Gasteiger partial charge in [-0.3, -0.25) is 5.10 Å². The molecular weight excluding hydrogens is 272 g/mol. The van der Waals surface area contributed by atoms with Crippen LogP contribution in [0.5, 0.6) is 0 Å². The number of H-pyrrole nitrogens is 1. The van der Waals surface area contributed by atoms with E-state index in [1.807, 2.05) is 38.2 Å². The molecule has 3 N–H and O–H groups in total. The molecule has 0 amide bonds. The molecule has 0 aliphatic carbocycles. The van der Waals surface area contributed by atoms with Crippen LogP contribution in [0.3, 0.4) is 0 Å². The highest BCUT2D eigenvalue weighted by molar-refractivity contribution is 7.99. The van der Waals surface area contributed by atoms with Crippen molar-refractivity contribution in [3.63, 3.8) is 0 Å². The minimum absolute atomic E-state index is 0.0725. The maximum Gasteiger partial charge on any atom is 0.214 e. The number of hydrogen-bond donors (Lipinski definition) is 2. The maximum absolute atomic E-state index is 5.95. The Hall–Kier alpha value is -1.86. The molecule has 0 aromatic carbocycles. The summed E-state index contributed by atoms with van der Waals surface area (Å²) in [4.78, 5) is 8.96. The van der Waals surface area contributed by atoms with Crippen LogP contribution in [0.15, 0.2) is 34.6 Å². The van der Waals surface area contributed by atoms with E-state index in [4.69, 9.17) is 5.73 Å². The lowest BCUT2D eigenvalue weighted by atomic mass is 10.2. The molecule has 0 bridgehead atoms. The van der Waals surface area contributed by atoms with Crippen LogP contribution in [0.4, 0.5) is 0 Å². The first kappa shape index (κ1) is 13.1. The van der Waals surface area contributed by atoms with Gasteiger partial charge in [-0.15, -0.1) is 5.10 Å². The molecule has 0 radical (unpaired) electrons. The monoisotopic (exact) mass is 288 g/mol. The van der Waals surface area contributed by atoms with E-state index >= 15 is 0 Å². The van der Waals surface area contributed by atoms with Crippen LogP contribution in [0.2, 0.25) is 0 Å². The smallest absolute Gasteiger partial charge is 0.214 e. The van der Waals surface area contributed by atoms with Gasteiger partial charge in [0.05, 0.1) is 5.69 Å². The standard InChI is InChI=1S/C13H16N6S/c1-8(14)7-10-12(20-13-15-9(2)17-18-13)16-11-5-3-4-6-19(10)11/h3-6,8H,7,14H2,1-2H3,(H,15,17,18). The summed E-state index contributed by atoms with van der Waals surface area (Å²) in [7, 11) is 0. The van der Waals surface area contributed by atoms with Crippen molar-refractivity contribution in [1.82, 2.24) is 24.6 Å². The lowest BCUT2D eigenvalue weighted by Gasteiger charge is -2.06. The lowest BCUT2D eigenvalue weighted by Crippen LogP contribution is -2.19. The van der Waals surface area contributed by atoms with Gasteiger partial charge in [-0.1, -0.05) is 6.07 Å². The van der Waals surface area contributed by atoms with Gasteiger partial charge in [0.1, 0.15) is 16.5 Å². The summed E-state index contributed by atoms with van der Waals surface area (Å²) in [6.45, 7) is 3.87. The Labute approximate surface area is 120 Å². The van der Waals surface area contributed by atoms with E-state index in [1.54, 1.807) is 0 Å². The molecule has 0 spiro atoms. The van der Waals surface area contributed by atoms with Gasteiger partial charge in [-0.2, -0.15) is 0 Å². The van der Waals surface area contributed by atoms with Crippen LogP contribution in [0, 0.1) is 6.92 Å². The number of pyridine rings is 1. The average molecular weight is 288 g/mol. The largest absolute Gasteiger partial charge is 0.328 e. The van der Waals surface area contributed by atoms with Crippen molar-refractivity contribution in [2.75, 3.05) is 0 Å². The third-order valence-corrected chi connectivity index (χ3v) is 3.76. The lowest BCUT2D eigenvalue weighted by molar-refractivity contribution is 0.705. The second-order valence-electron chi connectivity index (χ2n) is 4.78. The fourth-order valence-corrected chi connectivity index (χ4v) is 2.94. The molecule has 0 saturated heterocycles. The molecule has 0 aliphatic heterocycles. The number of hydrogen-bond acceptors (Lipinski definition) is 5. The molecular formula is C13H16N6S. The van der Waals surface area contributed by atoms with Crippen molar-refractivity contribution in [2.45, 2.75) is 36.5 Å². The summed E-state index contributed by atoms with van der Waals surface area (Å²) in [5.41, 5.74) is 7.97. The Balaban J connectivity index is 2.04. The van der Waals surface area contributed by atoms with E-state index in [0.29, 0.717) is 5.16 Å². The molecule has 3 aromatic heterocycles. The molecule has 6 nitrogen and oxygen atoms in total. The van der Waals surface area contributed by atoms with Crippen LogP contribution >= 0.6 is 11.8 Å². The predicted octanol–water partition coefficient (Wildman–Crippen LogP) is 1.80. The van der Waals surface area contributed by atoms with Crippen LogP contribution in [-0.2, 0) is 6.42 Å². The highest BCUT2D eigenvalue weighted by atomic mass is 32.2. The minimum atomic E-state index is 0.0725. The number of aryl methyl sites for hydroxylation is 1. The minimum Gasteiger partial charge on any atom is -0.328 e. The highest BCUT2D eigenvalue weighted by Crippen LogP contribution is 2.28. The molecule has 3 aromatic rings. The van der Waals surface area contributed by atoms with E-state index in [9.17, 15) is 0 Å². The second-order valence-corrected chi connectivity index (χ2v) is 5.74. The molecule has 3 rings (SSSR count). The Morgan fingerprint density at radius 3 is 2.95 bits per heavy atom. The summed E-state index contributed by atoms with van der Waals surface area (Å²) in [6.07, 6.45) is 2.77. The van der Waals surface area contributed by atoms with Crippen LogP contribution < -0.4 is 5.73 Å². The Bertz CT molecular complexity index is 729. The van der Waals surface area contributed by atoms with Crippen molar-refractivity contribution in [3.05, 3.63) is 35.9 Å². The van der Waals surface area contributed by atoms with Crippen molar-refractivity contribution in [1.29, 1.82) is 0 Å². The first-order chi connectivity index (χ1) is 9.63. The topological polar surface area (TPSA) is 84.9 Å². The first-order valence-corrected chi connectivity index (χ1v) is 7.23. The summed E-state index contributed by atoms with van der Waals surface area (Å²) in [5.74, 6) is 0.796. The summed E-state index contributed by atoms with van der Waals surface area (Å²) in [6, 6.07) is 6.02. The first-order valence-electron chi connectivity index (χ1n) is 6.42. The van der Waals surface area contributed by atoms with Gasteiger partial charge in [0.2, 0.25) is 5.16 Å². The van der Waals surface area contributed by atoms with E-state index in [2.05, 4.69) is 24.6 Å². The zero-order valence-corrected chi connectivity index (χ0v) is 12.2. The number of nitrogens with one attached hydrogen (secondary N) is 1. The number of rotatable bonds is 4. The molecule has 1 unspecified atom stereocenters. The molecule has 1 atom stereocenters. The number of imidazole rings is 1. The number of fused-ring (bicyclic) bond motifs is 1. The number of aromatic amines is 1. The van der Waals surface area contributed by atoms with Crippen molar-refractivity contribution in [3.8, 4) is 0 Å². The SMILES string of the molecule is Cc1nc(Sc2nc3ccccn3c2CC(C)N)n[nH]1. The molecule has 104 valence electrons. The maximum atomic E-state index is 5.95. The van der Waals surface area contributed by atoms with Gasteiger partial charge in [0.15, 0.2) is 0 Å². The second kappa shape index (κ2) is 5.26. The fraction of sp³-hybridized carbons (Fsp3) is 0.308. The third-order valence-electron chi connectivity index (χ3n) is 2.87. The fourth-order valence-electron chi connectivity index (χ4n) is 2.05. The van der Waals surface area contributed by atoms with Crippen molar-refractivity contribution >= 4 is 17.4 Å². The number of nitrogens with zero attached hydrogens (tertiary/aromatic N) is 4. The molecule has 7 heteroatoms. The van der Waals surface area contributed by atoms with Crippen molar-refractivity contribution in [2.24, 2.45) is 5.73 Å². The van der Waals surface area contributed by atoms with Crippen LogP contribution in [0.1, 0.15) is 18.4 Å². The van der Waals surface area contributed by atoms with Gasteiger partial charge in [0, 0.05) is 18.7 Å². The summed E-state index contributed by atoms with van der Waals surface area (Å²) < 4.78 is 2.07. The normalized spacial score (nSPS) is 12.9. The highest BCUT2D eigenvalue weighted by Gasteiger charge is 2.16. The Morgan fingerprint density at radius 2 is 2.25 bits per heavy atom. The van der Waals surface area contributed by atoms with Crippen molar-refractivity contribution < 1.29 is 0 Å². The van der Waals surface area contributed by atoms with Gasteiger partial charge in [-0.05, 0) is 37.7 Å². The van der Waals surface area contributed by atoms with E-state index < -0.39 is 0 Å². The number of nitrogens with two attached hydrogens (primary N) is 1.